The number of nitriles is 1. The molecular formula is C23H15FNO3-. The van der Waals surface area contributed by atoms with Crippen LogP contribution in [0.25, 0.3) is 11.6 Å². The van der Waals surface area contributed by atoms with Gasteiger partial charge in [-0.05, 0) is 52.6 Å². The minimum Gasteiger partial charge on any atom is -0.545 e. The molecule has 0 unspecified atom stereocenters. The fourth-order valence-electron chi connectivity index (χ4n) is 2.57. The number of rotatable bonds is 6. The molecule has 28 heavy (non-hydrogen) atoms. The number of halogens is 1. The van der Waals surface area contributed by atoms with E-state index >= 15 is 0 Å². The number of carboxylic acids is 1. The molecule has 0 bridgehead atoms. The first-order chi connectivity index (χ1) is 13.5. The monoisotopic (exact) mass is 372 g/mol. The van der Waals surface area contributed by atoms with Crippen LogP contribution in [0.4, 0.5) is 4.39 Å². The van der Waals surface area contributed by atoms with Gasteiger partial charge in [-0.25, -0.2) is 4.39 Å². The van der Waals surface area contributed by atoms with E-state index in [-0.39, 0.29) is 12.2 Å². The Morgan fingerprint density at radius 2 is 1.75 bits per heavy atom. The third kappa shape index (κ3) is 4.83. The fourth-order valence-corrected chi connectivity index (χ4v) is 2.57. The summed E-state index contributed by atoms with van der Waals surface area (Å²) >= 11 is 0. The third-order valence-corrected chi connectivity index (χ3v) is 4.04. The summed E-state index contributed by atoms with van der Waals surface area (Å²) in [5, 5.41) is 20.1. The van der Waals surface area contributed by atoms with Crippen LogP contribution in [0.1, 0.15) is 27.0 Å². The van der Waals surface area contributed by atoms with Crippen LogP contribution in [0.2, 0.25) is 0 Å². The molecule has 138 valence electrons. The van der Waals surface area contributed by atoms with Crippen molar-refractivity contribution in [2.24, 2.45) is 0 Å². The Morgan fingerprint density at radius 3 is 2.36 bits per heavy atom. The molecule has 0 radical (unpaired) electrons. The zero-order valence-electron chi connectivity index (χ0n) is 14.8. The minimum atomic E-state index is -1.22. The van der Waals surface area contributed by atoms with Crippen molar-refractivity contribution in [3.63, 3.8) is 0 Å². The van der Waals surface area contributed by atoms with E-state index in [1.54, 1.807) is 54.6 Å². The van der Waals surface area contributed by atoms with Crippen molar-refractivity contribution in [3.8, 4) is 11.8 Å². The number of carbonyl (C=O) groups excluding carboxylic acids is 1. The third-order valence-electron chi connectivity index (χ3n) is 4.04. The Morgan fingerprint density at radius 1 is 1.04 bits per heavy atom. The molecule has 0 saturated heterocycles. The summed E-state index contributed by atoms with van der Waals surface area (Å²) in [5.74, 6) is -0.980. The summed E-state index contributed by atoms with van der Waals surface area (Å²) in [6.07, 6.45) is 1.68. The van der Waals surface area contributed by atoms with E-state index in [0.717, 1.165) is 11.1 Å². The molecule has 3 rings (SSSR count). The van der Waals surface area contributed by atoms with Crippen molar-refractivity contribution in [3.05, 3.63) is 101 Å². The van der Waals surface area contributed by atoms with Gasteiger partial charge in [-0.3, -0.25) is 0 Å². The van der Waals surface area contributed by atoms with Crippen LogP contribution < -0.4 is 9.84 Å². The smallest absolute Gasteiger partial charge is 0.123 e. The predicted octanol–water partition coefficient (Wildman–Crippen LogP) is 3.83. The maximum absolute atomic E-state index is 13.4. The number of ether oxygens (including phenoxy) is 1. The zero-order valence-corrected chi connectivity index (χ0v) is 14.8. The zero-order chi connectivity index (χ0) is 19.9. The molecule has 3 aromatic carbocycles. The Kier molecular flexibility index (Phi) is 5.83. The Bertz CT molecular complexity index is 1050. The Hall–Kier alpha value is -3.91. The quantitative estimate of drug-likeness (QED) is 0.487. The topological polar surface area (TPSA) is 73.1 Å². The number of benzene rings is 3. The number of allylic oxidation sites excluding steroid dienone is 1. The van der Waals surface area contributed by atoms with Crippen LogP contribution >= 0.6 is 0 Å². The summed E-state index contributed by atoms with van der Waals surface area (Å²) in [6, 6.07) is 21.4. The lowest BCUT2D eigenvalue weighted by Gasteiger charge is -2.08. The van der Waals surface area contributed by atoms with Crippen LogP contribution in [-0.4, -0.2) is 5.97 Å². The van der Waals surface area contributed by atoms with Gasteiger partial charge in [0.1, 0.15) is 18.2 Å². The lowest BCUT2D eigenvalue weighted by molar-refractivity contribution is -0.255. The number of nitrogens with zero attached hydrogens (tertiary/aromatic N) is 1. The van der Waals surface area contributed by atoms with Crippen LogP contribution in [0.15, 0.2) is 72.8 Å². The van der Waals surface area contributed by atoms with Gasteiger partial charge in [-0.2, -0.15) is 5.26 Å². The first kappa shape index (κ1) is 18.9. The lowest BCUT2D eigenvalue weighted by Crippen LogP contribution is -2.22. The van der Waals surface area contributed by atoms with Crippen LogP contribution in [0.3, 0.4) is 0 Å². The van der Waals surface area contributed by atoms with Crippen LogP contribution in [-0.2, 0) is 6.61 Å². The second-order valence-electron chi connectivity index (χ2n) is 6.02. The standard InChI is InChI=1S/C23H16FNO3/c24-21-3-1-2-19(13-21)20(14-25)12-16-6-10-22(11-7-16)28-15-17-4-8-18(9-5-17)23(26)27/h1-13H,15H2,(H,26,27)/p-1/b20-12-. The van der Waals surface area contributed by atoms with Crippen molar-refractivity contribution in [2.75, 3.05) is 0 Å². The first-order valence-corrected chi connectivity index (χ1v) is 8.46. The summed E-state index contributed by atoms with van der Waals surface area (Å²) < 4.78 is 19.0. The largest absolute Gasteiger partial charge is 0.545 e. The average molecular weight is 372 g/mol. The van der Waals surface area contributed by atoms with Crippen molar-refractivity contribution in [1.29, 1.82) is 5.26 Å². The molecule has 0 atom stereocenters. The highest BCUT2D eigenvalue weighted by Gasteiger charge is 2.03. The minimum absolute atomic E-state index is 0.117. The molecule has 0 aliphatic carbocycles. The lowest BCUT2D eigenvalue weighted by atomic mass is 10.0. The van der Waals surface area contributed by atoms with Crippen LogP contribution in [0, 0.1) is 17.1 Å². The highest BCUT2D eigenvalue weighted by molar-refractivity contribution is 5.89. The second-order valence-corrected chi connectivity index (χ2v) is 6.02. The van der Waals surface area contributed by atoms with Crippen LogP contribution in [0.5, 0.6) is 5.75 Å². The van der Waals surface area contributed by atoms with Gasteiger partial charge in [0.15, 0.2) is 0 Å². The van der Waals surface area contributed by atoms with Gasteiger partial charge in [0.05, 0.1) is 17.6 Å². The van der Waals surface area contributed by atoms with E-state index in [1.807, 2.05) is 0 Å². The Labute approximate surface area is 161 Å². The summed E-state index contributed by atoms with van der Waals surface area (Å²) in [6.45, 7) is 0.287. The molecule has 0 aliphatic heterocycles. The molecule has 4 nitrogen and oxygen atoms in total. The molecule has 0 spiro atoms. The van der Waals surface area contributed by atoms with Gasteiger partial charge in [-0.15, -0.1) is 0 Å². The van der Waals surface area contributed by atoms with Crippen molar-refractivity contribution in [2.45, 2.75) is 6.61 Å². The highest BCUT2D eigenvalue weighted by atomic mass is 19.1. The molecule has 0 heterocycles. The van der Waals surface area contributed by atoms with Gasteiger partial charge in [-0.1, -0.05) is 48.5 Å². The highest BCUT2D eigenvalue weighted by Crippen LogP contribution is 2.21. The average Bonchev–Trinajstić information content (AvgIpc) is 2.71. The van der Waals surface area contributed by atoms with E-state index in [2.05, 4.69) is 6.07 Å². The normalized spacial score (nSPS) is 10.9. The molecule has 0 aromatic heterocycles. The molecular weight excluding hydrogens is 357 g/mol. The summed E-state index contributed by atoms with van der Waals surface area (Å²) in [7, 11) is 0. The fraction of sp³-hybridized carbons (Fsp3) is 0.0435. The summed E-state index contributed by atoms with van der Waals surface area (Å²) in [4.78, 5) is 10.7. The van der Waals surface area contributed by atoms with Gasteiger partial charge >= 0.3 is 0 Å². The van der Waals surface area contributed by atoms with Gasteiger partial charge in [0.25, 0.3) is 0 Å². The second kappa shape index (κ2) is 8.65. The van der Waals surface area contributed by atoms with Gasteiger partial charge < -0.3 is 14.6 Å². The number of hydrogen-bond acceptors (Lipinski definition) is 4. The molecule has 0 amide bonds. The number of aromatic carboxylic acids is 1. The Balaban J connectivity index is 1.67. The number of carboxylic acid groups (broad SMARTS) is 1. The molecule has 0 saturated carbocycles. The van der Waals surface area contributed by atoms with Crippen molar-refractivity contribution < 1.29 is 19.0 Å². The first-order valence-electron chi connectivity index (χ1n) is 8.46. The maximum Gasteiger partial charge on any atom is 0.123 e. The van der Waals surface area contributed by atoms with Crippen molar-refractivity contribution >= 4 is 17.6 Å². The molecule has 0 N–H and O–H groups in total. The van der Waals surface area contributed by atoms with E-state index in [1.165, 1.54) is 24.3 Å². The predicted molar refractivity (Wildman–Crippen MR) is 101 cm³/mol. The SMILES string of the molecule is N#C/C(=C/c1ccc(OCc2ccc(C(=O)[O-])cc2)cc1)c1cccc(F)c1. The summed E-state index contributed by atoms with van der Waals surface area (Å²) in [5.41, 5.74) is 2.61. The van der Waals surface area contributed by atoms with E-state index in [0.29, 0.717) is 16.9 Å². The van der Waals surface area contributed by atoms with Gasteiger partial charge in [0, 0.05) is 0 Å². The van der Waals surface area contributed by atoms with E-state index < -0.39 is 11.8 Å². The number of hydrogen-bond donors (Lipinski definition) is 0. The van der Waals surface area contributed by atoms with Gasteiger partial charge in [0.2, 0.25) is 0 Å². The maximum atomic E-state index is 13.4. The molecule has 5 heteroatoms. The molecule has 3 aromatic rings. The molecule has 0 fully saturated rings. The number of carbonyl (C=O) groups is 1. The van der Waals surface area contributed by atoms with E-state index in [4.69, 9.17) is 4.74 Å². The van der Waals surface area contributed by atoms with E-state index in [9.17, 15) is 19.6 Å². The van der Waals surface area contributed by atoms with Crippen molar-refractivity contribution in [1.82, 2.24) is 0 Å². The molecule has 0 aliphatic rings.